The van der Waals surface area contributed by atoms with Crippen molar-refractivity contribution in [1.82, 2.24) is 58.2 Å². The van der Waals surface area contributed by atoms with E-state index in [2.05, 4.69) is 112 Å². The number of anilines is 4. The molecule has 4 aromatic heterocycles. The largest absolute Gasteiger partial charge is 0.493 e. The Morgan fingerprint density at radius 2 is 0.828 bits per heavy atom. The number of nitrogens with zero attached hydrogens (tertiary/aromatic N) is 16. The Balaban J connectivity index is 0.000000178. The van der Waals surface area contributed by atoms with Gasteiger partial charge in [-0.1, -0.05) is 32.9 Å². The van der Waals surface area contributed by atoms with Crippen LogP contribution in [0.1, 0.15) is 83.0 Å². The van der Waals surface area contributed by atoms with Crippen molar-refractivity contribution in [1.29, 1.82) is 0 Å². The first-order valence-electron chi connectivity index (χ1n) is 34.0. The van der Waals surface area contributed by atoms with Crippen LogP contribution in [0.15, 0.2) is 181 Å². The predicted octanol–water partition coefficient (Wildman–Crippen LogP) is 10.8. The van der Waals surface area contributed by atoms with Crippen LogP contribution in [0.25, 0.3) is 11.4 Å². The van der Waals surface area contributed by atoms with Crippen LogP contribution in [-0.2, 0) is 33.8 Å². The van der Waals surface area contributed by atoms with Gasteiger partial charge in [0.15, 0.2) is 0 Å². The molecule has 10 aromatic rings. The maximum Gasteiger partial charge on any atom is 0.350 e. The summed E-state index contributed by atoms with van der Waals surface area (Å²) < 4.78 is 91.7. The van der Waals surface area contributed by atoms with Gasteiger partial charge in [-0.25, -0.2) is 65.0 Å². The minimum atomic E-state index is -1.01. The van der Waals surface area contributed by atoms with E-state index >= 15 is 0 Å². The third kappa shape index (κ3) is 15.0. The second-order valence-electron chi connectivity index (χ2n) is 26.0. The molecule has 0 aliphatic carbocycles. The van der Waals surface area contributed by atoms with Crippen molar-refractivity contribution in [3.8, 4) is 22.9 Å². The molecule has 518 valence electrons. The molecule has 99 heavy (non-hydrogen) atoms. The summed E-state index contributed by atoms with van der Waals surface area (Å²) in [6, 6.07) is 39.8. The maximum absolute atomic E-state index is 15.0. The van der Waals surface area contributed by atoms with Crippen molar-refractivity contribution in [2.75, 3.05) is 98.4 Å². The smallest absolute Gasteiger partial charge is 0.350 e. The Kier molecular flexibility index (Phi) is 20.4. The van der Waals surface area contributed by atoms with Crippen molar-refractivity contribution in [2.45, 2.75) is 96.2 Å². The average molecular weight is 1360 g/mol. The summed E-state index contributed by atoms with van der Waals surface area (Å²) in [6.07, 6.45) is 12.7. The topological polar surface area (TPSA) is 191 Å². The fourth-order valence-corrected chi connectivity index (χ4v) is 13.9. The second-order valence-corrected chi connectivity index (χ2v) is 26.0. The van der Waals surface area contributed by atoms with Crippen LogP contribution in [-0.4, -0.2) is 137 Å². The monoisotopic (exact) mass is 1350 g/mol. The lowest BCUT2D eigenvalue weighted by Gasteiger charge is -2.37. The highest BCUT2D eigenvalue weighted by atomic mass is 19.1. The molecule has 4 fully saturated rings. The van der Waals surface area contributed by atoms with E-state index in [0.717, 1.165) is 129 Å². The Morgan fingerprint density at radius 1 is 0.465 bits per heavy atom. The van der Waals surface area contributed by atoms with Crippen molar-refractivity contribution in [2.24, 2.45) is 11.8 Å². The van der Waals surface area contributed by atoms with E-state index < -0.39 is 34.5 Å². The molecule has 8 heterocycles. The fraction of sp³-hybridized carbons (Fsp3) is 0.397. The lowest BCUT2D eigenvalue weighted by atomic mass is 9.87. The van der Waals surface area contributed by atoms with Gasteiger partial charge in [-0.3, -0.25) is 0 Å². The molecule has 26 heteroatoms. The zero-order valence-electron chi connectivity index (χ0n) is 56.0. The number of rotatable bonds is 23. The first-order chi connectivity index (χ1) is 48.2. The van der Waals surface area contributed by atoms with Gasteiger partial charge in [-0.15, -0.1) is 0 Å². The van der Waals surface area contributed by atoms with Crippen molar-refractivity contribution < 1.29 is 36.5 Å². The summed E-state index contributed by atoms with van der Waals surface area (Å²) >= 11 is 0. The van der Waals surface area contributed by atoms with Gasteiger partial charge in [0.25, 0.3) is 0 Å². The standard InChI is InChI=1S/C37H42F2N8O3.C36H40F2N8O3/c1-3-29(4-2)47-36(48)46(26-42-47)32-8-6-30(7-9-32)43-15-17-44(18-16-43)31-10-12-33(13-11-31)49-21-27-20-37(50-22-27,23-45-25-40-24-41-45)34-14-5-28(38)19-35(34)39;1-3-26(2)46-35(47)45(25-41-46)31-7-5-29(6-8-31)42-14-16-43(17-15-42)30-9-11-32(12-10-30)48-20-27-19-36(49-21-27,22-44-24-39-23-40-44)33-13-4-28(37)18-34(33)38/h5-14,19,24-27,29H,3-4,15-18,20-23H2,1-2H3;4-13,18,23-27H,3,14-17,19-22H2,1-2H3. The first-order valence-corrected chi connectivity index (χ1v) is 34.0. The van der Waals surface area contributed by atoms with E-state index in [1.165, 1.54) is 41.6 Å². The van der Waals surface area contributed by atoms with Crippen LogP contribution in [0.4, 0.5) is 40.3 Å². The highest BCUT2D eigenvalue weighted by Crippen LogP contribution is 2.44. The Morgan fingerprint density at radius 3 is 1.18 bits per heavy atom. The van der Waals surface area contributed by atoms with Crippen molar-refractivity contribution in [3.05, 3.63) is 227 Å². The van der Waals surface area contributed by atoms with Crippen LogP contribution in [0.5, 0.6) is 11.5 Å². The number of hydrogen-bond donors (Lipinski definition) is 0. The fourth-order valence-electron chi connectivity index (χ4n) is 13.9. The quantitative estimate of drug-likeness (QED) is 0.0549. The SMILES string of the molecule is CCC(C)n1ncn(-c2ccc(N3CCN(c4ccc(OCC5COC(Cn6cncn6)(c6ccc(F)cc6F)C5)cc4)CC3)cc2)c1=O.CCC(CC)n1ncn(-c2ccc(N3CCN(c4ccc(OCC5COC(Cn6cncn6)(c6ccc(F)cc6F)C5)cc4)CC3)cc2)c1=O. The molecule has 4 saturated heterocycles. The van der Waals surface area contributed by atoms with Gasteiger partial charge in [-0.2, -0.15) is 20.4 Å². The molecule has 0 amide bonds. The molecule has 22 nitrogen and oxygen atoms in total. The summed E-state index contributed by atoms with van der Waals surface area (Å²) in [6.45, 7) is 17.2. The zero-order chi connectivity index (χ0) is 68.6. The number of piperazine rings is 2. The molecule has 0 saturated carbocycles. The van der Waals surface area contributed by atoms with E-state index in [9.17, 15) is 27.2 Å². The van der Waals surface area contributed by atoms with E-state index in [1.807, 2.05) is 62.4 Å². The normalized spacial score (nSPS) is 19.8. The van der Waals surface area contributed by atoms with Crippen molar-refractivity contribution >= 4 is 22.7 Å². The van der Waals surface area contributed by atoms with E-state index in [4.69, 9.17) is 18.9 Å². The Hall–Kier alpha value is -10.1. The van der Waals surface area contributed by atoms with Gasteiger partial charge >= 0.3 is 11.4 Å². The number of aromatic nitrogens is 12. The first kappa shape index (κ1) is 67.5. The van der Waals surface area contributed by atoms with Crippen LogP contribution >= 0.6 is 0 Å². The summed E-state index contributed by atoms with van der Waals surface area (Å²) in [7, 11) is 0. The molecule has 0 bridgehead atoms. The number of hydrogen-bond acceptors (Lipinski definition) is 16. The lowest BCUT2D eigenvalue weighted by Crippen LogP contribution is -2.46. The molecule has 5 atom stereocenters. The molecule has 5 unspecified atom stereocenters. The Labute approximate surface area is 571 Å². The molecule has 6 aromatic carbocycles. The molecule has 4 aliphatic rings. The van der Waals surface area contributed by atoms with Crippen LogP contribution in [0.2, 0.25) is 0 Å². The number of ether oxygens (including phenoxy) is 4. The second kappa shape index (κ2) is 30.0. The molecule has 14 rings (SSSR count). The predicted molar refractivity (Wildman–Crippen MR) is 367 cm³/mol. The summed E-state index contributed by atoms with van der Waals surface area (Å²) in [5, 5.41) is 17.0. The van der Waals surface area contributed by atoms with E-state index in [0.29, 0.717) is 50.4 Å². The minimum absolute atomic E-state index is 0.00165. The lowest BCUT2D eigenvalue weighted by molar-refractivity contribution is -0.0209. The summed E-state index contributed by atoms with van der Waals surface area (Å²) in [4.78, 5) is 43.2. The van der Waals surface area contributed by atoms with Gasteiger partial charge in [0.2, 0.25) is 0 Å². The summed E-state index contributed by atoms with van der Waals surface area (Å²) in [5.41, 5.74) is 4.47. The Bertz CT molecular complexity index is 4380. The molecular weight excluding hydrogens is 1270 g/mol. The highest BCUT2D eigenvalue weighted by Gasteiger charge is 2.46. The highest BCUT2D eigenvalue weighted by molar-refractivity contribution is 5.57. The number of halogens is 4. The van der Waals surface area contributed by atoms with Crippen molar-refractivity contribution in [3.63, 3.8) is 0 Å². The molecule has 4 aliphatic heterocycles. The average Bonchev–Trinajstić information content (AvgIpc) is 1.69. The molecule has 0 radical (unpaired) electrons. The van der Waals surface area contributed by atoms with Gasteiger partial charge < -0.3 is 38.5 Å². The molecule has 0 N–H and O–H groups in total. The zero-order valence-corrected chi connectivity index (χ0v) is 56.0. The van der Waals surface area contributed by atoms with E-state index in [1.54, 1.807) is 48.5 Å². The molecule has 0 spiro atoms. The van der Waals surface area contributed by atoms with Gasteiger partial charge in [0.05, 0.1) is 63.0 Å². The van der Waals surface area contributed by atoms with Gasteiger partial charge in [0, 0.05) is 110 Å². The van der Waals surface area contributed by atoms with Crippen LogP contribution in [0.3, 0.4) is 0 Å². The van der Waals surface area contributed by atoms with Gasteiger partial charge in [0.1, 0.15) is 83.9 Å². The van der Waals surface area contributed by atoms with Crippen LogP contribution < -0.4 is 40.5 Å². The third-order valence-corrected chi connectivity index (χ3v) is 19.6. The van der Waals surface area contributed by atoms with Gasteiger partial charge in [-0.05, 0) is 148 Å². The summed E-state index contributed by atoms with van der Waals surface area (Å²) in [5.74, 6) is -1.06. The third-order valence-electron chi connectivity index (χ3n) is 19.6. The van der Waals surface area contributed by atoms with E-state index in [-0.39, 0.29) is 48.4 Å². The maximum atomic E-state index is 15.0. The number of benzene rings is 6. The molecular formula is C73H82F4N16O6. The minimum Gasteiger partial charge on any atom is -0.493 e. The van der Waals surface area contributed by atoms with Crippen LogP contribution in [0, 0.1) is 35.1 Å².